The Balaban J connectivity index is 1.64. The summed E-state index contributed by atoms with van der Waals surface area (Å²) in [6.45, 7) is 2.12. The normalized spacial score (nSPS) is 18.9. The molecule has 1 aliphatic carbocycles. The van der Waals surface area contributed by atoms with Gasteiger partial charge in [-0.15, -0.1) is 11.3 Å². The Hall–Kier alpha value is -0.410. The van der Waals surface area contributed by atoms with Crippen LogP contribution in [0.4, 0.5) is 0 Å². The third-order valence-electron chi connectivity index (χ3n) is 3.20. The van der Waals surface area contributed by atoms with E-state index in [1.165, 1.54) is 50.8 Å². The molecule has 0 aliphatic heterocycles. The quantitative estimate of drug-likeness (QED) is 0.794. The Bertz CT molecular complexity index is 251. The molecule has 1 aromatic heterocycles. The van der Waals surface area contributed by atoms with E-state index in [2.05, 4.69) is 15.7 Å². The van der Waals surface area contributed by atoms with Crippen molar-refractivity contribution < 1.29 is 0 Å². The molecule has 2 nitrogen and oxygen atoms in total. The highest BCUT2D eigenvalue weighted by molar-refractivity contribution is 7.07. The van der Waals surface area contributed by atoms with Crippen molar-refractivity contribution in [1.82, 2.24) is 10.3 Å². The first-order valence-electron chi connectivity index (χ1n) is 6.03. The molecule has 3 heteroatoms. The van der Waals surface area contributed by atoms with Gasteiger partial charge in [0.2, 0.25) is 0 Å². The van der Waals surface area contributed by atoms with Crippen LogP contribution in [0.15, 0.2) is 10.9 Å². The van der Waals surface area contributed by atoms with Gasteiger partial charge < -0.3 is 5.32 Å². The summed E-state index contributed by atoms with van der Waals surface area (Å²) in [6.07, 6.45) is 8.60. The second-order valence-electron chi connectivity index (χ2n) is 4.47. The number of nitrogens with one attached hydrogen (secondary N) is 1. The van der Waals surface area contributed by atoms with E-state index in [1.54, 1.807) is 11.3 Å². The van der Waals surface area contributed by atoms with Gasteiger partial charge in [0.15, 0.2) is 0 Å². The molecule has 1 aromatic rings. The smallest absolute Gasteiger partial charge is 0.0795 e. The molecule has 0 amide bonds. The molecule has 2 rings (SSSR count). The van der Waals surface area contributed by atoms with Crippen molar-refractivity contribution in [3.8, 4) is 0 Å². The van der Waals surface area contributed by atoms with Crippen molar-refractivity contribution in [2.75, 3.05) is 6.54 Å². The highest BCUT2D eigenvalue weighted by Crippen LogP contribution is 2.22. The lowest BCUT2D eigenvalue weighted by atomic mass is 10.0. The van der Waals surface area contributed by atoms with Crippen LogP contribution in [-0.2, 0) is 6.54 Å². The van der Waals surface area contributed by atoms with Crippen molar-refractivity contribution in [2.45, 2.75) is 45.1 Å². The molecule has 0 saturated heterocycles. The zero-order valence-electron chi connectivity index (χ0n) is 9.24. The van der Waals surface area contributed by atoms with Gasteiger partial charge in [-0.3, -0.25) is 0 Å². The molecule has 0 atom stereocenters. The van der Waals surface area contributed by atoms with E-state index < -0.39 is 0 Å². The third kappa shape index (κ3) is 3.92. The molecule has 0 aromatic carbocycles. The van der Waals surface area contributed by atoms with Crippen LogP contribution in [0.2, 0.25) is 0 Å². The summed E-state index contributed by atoms with van der Waals surface area (Å²) >= 11 is 1.68. The maximum Gasteiger partial charge on any atom is 0.0795 e. The Morgan fingerprint density at radius 2 is 2.07 bits per heavy atom. The molecular weight excluding hydrogens is 204 g/mol. The first kappa shape index (κ1) is 11.1. The molecule has 0 spiro atoms. The number of hydrogen-bond acceptors (Lipinski definition) is 3. The van der Waals surface area contributed by atoms with Gasteiger partial charge in [-0.2, -0.15) is 0 Å². The topological polar surface area (TPSA) is 24.9 Å². The van der Waals surface area contributed by atoms with Crippen molar-refractivity contribution in [2.24, 2.45) is 5.92 Å². The number of hydrogen-bond donors (Lipinski definition) is 1. The summed E-state index contributed by atoms with van der Waals surface area (Å²) < 4.78 is 0. The minimum Gasteiger partial charge on any atom is -0.311 e. The molecule has 1 N–H and O–H groups in total. The largest absolute Gasteiger partial charge is 0.311 e. The summed E-state index contributed by atoms with van der Waals surface area (Å²) in [5.41, 5.74) is 3.09. The van der Waals surface area contributed by atoms with Crippen LogP contribution in [0.1, 0.15) is 44.2 Å². The van der Waals surface area contributed by atoms with Crippen LogP contribution in [0, 0.1) is 5.92 Å². The van der Waals surface area contributed by atoms with Gasteiger partial charge in [0, 0.05) is 11.9 Å². The first-order valence-corrected chi connectivity index (χ1v) is 6.97. The maximum absolute atomic E-state index is 4.27. The van der Waals surface area contributed by atoms with Crippen molar-refractivity contribution in [3.05, 3.63) is 16.6 Å². The van der Waals surface area contributed by atoms with Gasteiger partial charge in [-0.25, -0.2) is 4.98 Å². The molecule has 0 bridgehead atoms. The summed E-state index contributed by atoms with van der Waals surface area (Å²) in [7, 11) is 0. The van der Waals surface area contributed by atoms with Gasteiger partial charge in [0.05, 0.1) is 11.2 Å². The van der Waals surface area contributed by atoms with Crippen LogP contribution in [0.25, 0.3) is 0 Å². The fourth-order valence-electron chi connectivity index (χ4n) is 2.30. The van der Waals surface area contributed by atoms with Crippen LogP contribution in [0.5, 0.6) is 0 Å². The third-order valence-corrected chi connectivity index (χ3v) is 3.83. The molecule has 1 fully saturated rings. The molecule has 15 heavy (non-hydrogen) atoms. The minimum absolute atomic E-state index is 0.908. The molecule has 0 unspecified atom stereocenters. The summed E-state index contributed by atoms with van der Waals surface area (Å²) in [6, 6.07) is 0. The van der Waals surface area contributed by atoms with Crippen molar-refractivity contribution in [3.63, 3.8) is 0 Å². The Morgan fingerprint density at radius 1 is 1.27 bits per heavy atom. The lowest BCUT2D eigenvalue weighted by molar-refractivity contribution is 0.424. The Morgan fingerprint density at radius 3 is 2.73 bits per heavy atom. The summed E-state index contributed by atoms with van der Waals surface area (Å²) in [5.74, 6) is 0.908. The van der Waals surface area contributed by atoms with Gasteiger partial charge >= 0.3 is 0 Å². The molecular formula is C12H20N2S. The highest BCUT2D eigenvalue weighted by Gasteiger charge is 2.11. The van der Waals surface area contributed by atoms with Crippen molar-refractivity contribution >= 4 is 11.3 Å². The molecule has 0 radical (unpaired) electrons. The second kappa shape index (κ2) is 6.23. The summed E-state index contributed by atoms with van der Waals surface area (Å²) in [5, 5.41) is 5.65. The summed E-state index contributed by atoms with van der Waals surface area (Å²) in [4.78, 5) is 4.27. The van der Waals surface area contributed by atoms with Crippen LogP contribution in [-0.4, -0.2) is 11.5 Å². The van der Waals surface area contributed by atoms with Gasteiger partial charge in [0.1, 0.15) is 0 Å². The van der Waals surface area contributed by atoms with Gasteiger partial charge in [-0.05, 0) is 25.3 Å². The fourth-order valence-corrected chi connectivity index (χ4v) is 2.86. The predicted molar refractivity (Wildman–Crippen MR) is 65.0 cm³/mol. The first-order chi connectivity index (χ1) is 7.45. The van der Waals surface area contributed by atoms with Crippen LogP contribution >= 0.6 is 11.3 Å². The number of thiazole rings is 1. The predicted octanol–water partition coefficient (Wildman–Crippen LogP) is 3.20. The second-order valence-corrected chi connectivity index (χ2v) is 5.19. The Kier molecular flexibility index (Phi) is 4.61. The lowest BCUT2D eigenvalue weighted by Gasteiger charge is -2.13. The van der Waals surface area contributed by atoms with Crippen molar-refractivity contribution in [1.29, 1.82) is 0 Å². The average Bonchev–Trinajstić information content (AvgIpc) is 2.62. The van der Waals surface area contributed by atoms with Gasteiger partial charge in [-0.1, -0.05) is 25.7 Å². The van der Waals surface area contributed by atoms with E-state index >= 15 is 0 Å². The highest BCUT2D eigenvalue weighted by atomic mass is 32.1. The molecule has 1 heterocycles. The molecule has 1 saturated carbocycles. The van der Waals surface area contributed by atoms with E-state index in [1.807, 2.05) is 5.51 Å². The fraction of sp³-hybridized carbons (Fsp3) is 0.750. The zero-order valence-corrected chi connectivity index (χ0v) is 10.1. The minimum atomic E-state index is 0.908. The number of rotatable bonds is 4. The van der Waals surface area contributed by atoms with Gasteiger partial charge in [0.25, 0.3) is 0 Å². The maximum atomic E-state index is 4.27. The molecule has 84 valence electrons. The Labute approximate surface area is 96.1 Å². The van der Waals surface area contributed by atoms with E-state index in [0.717, 1.165) is 12.5 Å². The number of aromatic nitrogens is 1. The van der Waals surface area contributed by atoms with E-state index in [9.17, 15) is 0 Å². The standard InChI is InChI=1S/C12H20N2S/c1-2-4-6-11(5-3-1)7-13-8-12-9-15-10-14-12/h9-11,13H,1-8H2. The zero-order chi connectivity index (χ0) is 10.3. The van der Waals surface area contributed by atoms with Crippen LogP contribution < -0.4 is 5.32 Å². The lowest BCUT2D eigenvalue weighted by Crippen LogP contribution is -2.22. The average molecular weight is 224 g/mol. The SMILES string of the molecule is c1nc(CNCC2CCCCCC2)cs1. The molecule has 1 aliphatic rings. The monoisotopic (exact) mass is 224 g/mol. The number of nitrogens with zero attached hydrogens (tertiary/aromatic N) is 1. The van der Waals surface area contributed by atoms with E-state index in [0.29, 0.717) is 0 Å². The van der Waals surface area contributed by atoms with E-state index in [4.69, 9.17) is 0 Å². The van der Waals surface area contributed by atoms with E-state index in [-0.39, 0.29) is 0 Å². The van der Waals surface area contributed by atoms with Crippen LogP contribution in [0.3, 0.4) is 0 Å².